The Morgan fingerprint density at radius 3 is 2.52 bits per heavy atom. The largest absolute Gasteiger partial charge is 0.342 e. The summed E-state index contributed by atoms with van der Waals surface area (Å²) in [5.41, 5.74) is -1.61. The summed E-state index contributed by atoms with van der Waals surface area (Å²) in [6.45, 7) is 5.41. The number of amidine groups is 1. The molecule has 214 valence electrons. The monoisotopic (exact) mass is 591 g/mol. The molecule has 1 heterocycles. The van der Waals surface area contributed by atoms with E-state index in [0.717, 1.165) is 12.3 Å². The van der Waals surface area contributed by atoms with Gasteiger partial charge in [-0.25, -0.2) is 13.2 Å². The van der Waals surface area contributed by atoms with Crippen LogP contribution in [-0.4, -0.2) is 46.5 Å². The van der Waals surface area contributed by atoms with Crippen LogP contribution in [0.2, 0.25) is 0 Å². The Balaban J connectivity index is 1.84. The Labute approximate surface area is 232 Å². The summed E-state index contributed by atoms with van der Waals surface area (Å²) < 4.78 is 55.6. The number of carbonyl (C=O) groups excluding carboxylic acids is 3. The van der Waals surface area contributed by atoms with E-state index in [4.69, 9.17) is 9.78 Å². The predicted octanol–water partition coefficient (Wildman–Crippen LogP) is 3.17. The van der Waals surface area contributed by atoms with Gasteiger partial charge in [-0.05, 0) is 37.0 Å². The van der Waals surface area contributed by atoms with Crippen LogP contribution < -0.4 is 10.0 Å². The maximum atomic E-state index is 14.2. The van der Waals surface area contributed by atoms with E-state index < -0.39 is 54.9 Å². The molecule has 2 aliphatic rings. The predicted molar refractivity (Wildman–Crippen MR) is 146 cm³/mol. The quantitative estimate of drug-likeness (QED) is 0.250. The molecule has 14 heteroatoms. The maximum Gasteiger partial charge on any atom is 0.342 e. The fourth-order valence-corrected chi connectivity index (χ4v) is 6.31. The minimum Gasteiger partial charge on any atom is -0.341 e. The van der Waals surface area contributed by atoms with Crippen molar-refractivity contribution >= 4 is 54.8 Å². The van der Waals surface area contributed by atoms with Crippen molar-refractivity contribution < 1.29 is 41.0 Å². The van der Waals surface area contributed by atoms with E-state index in [-0.39, 0.29) is 46.2 Å². The topological polar surface area (TPSA) is 174 Å². The molecule has 2 unspecified atom stereocenters. The van der Waals surface area contributed by atoms with Gasteiger partial charge in [-0.1, -0.05) is 45.0 Å². The fourth-order valence-electron chi connectivity index (χ4n) is 4.57. The van der Waals surface area contributed by atoms with Crippen LogP contribution in [-0.2, 0) is 45.0 Å². The van der Waals surface area contributed by atoms with E-state index in [2.05, 4.69) is 14.4 Å². The van der Waals surface area contributed by atoms with Crippen molar-refractivity contribution in [3.63, 3.8) is 0 Å². The van der Waals surface area contributed by atoms with Crippen molar-refractivity contribution in [1.29, 1.82) is 0 Å². The number of carbonyl (C=O) groups is 3. The van der Waals surface area contributed by atoms with E-state index in [9.17, 15) is 31.2 Å². The lowest BCUT2D eigenvalue weighted by Crippen LogP contribution is -2.54. The SMILES string of the molecule is CCC(=O)OOC1(CCC(C)C)C(=O)C(C2=NS(=O)(=O)c3cc(NS(C)(=O)=O)ccc3N2)C(=O)c2ccccc21. The van der Waals surface area contributed by atoms with Gasteiger partial charge in [-0.3, -0.25) is 19.2 Å². The first-order valence-electron chi connectivity index (χ1n) is 12.5. The second kappa shape index (κ2) is 10.7. The first kappa shape index (κ1) is 29.4. The van der Waals surface area contributed by atoms with Crippen molar-refractivity contribution in [2.75, 3.05) is 16.3 Å². The van der Waals surface area contributed by atoms with E-state index in [1.165, 1.54) is 18.2 Å². The molecule has 2 aromatic rings. The normalized spacial score (nSPS) is 21.6. The standard InChI is InChI=1S/C26H29N3O9S2/c1-5-21(30)37-38-26(13-12-15(2)3)18-9-7-6-8-17(18)23(31)22(24(26)32)25-27-19-11-10-16(28-39(4,33)34)14-20(19)40(35,36)29-25/h6-11,14-15,22,28H,5,12-13H2,1-4H3,(H,27,29). The van der Waals surface area contributed by atoms with Crippen LogP contribution in [0.4, 0.5) is 11.4 Å². The molecule has 2 N–H and O–H groups in total. The summed E-state index contributed by atoms with van der Waals surface area (Å²) >= 11 is 0. The van der Waals surface area contributed by atoms with Gasteiger partial charge in [-0.2, -0.15) is 13.3 Å². The number of sulfonamides is 2. The second-order valence-electron chi connectivity index (χ2n) is 10.0. The van der Waals surface area contributed by atoms with E-state index in [1.54, 1.807) is 25.1 Å². The third-order valence-corrected chi connectivity index (χ3v) is 8.44. The third kappa shape index (κ3) is 5.64. The Bertz CT molecular complexity index is 1630. The smallest absolute Gasteiger partial charge is 0.341 e. The lowest BCUT2D eigenvalue weighted by Gasteiger charge is -2.39. The molecular formula is C26H29N3O9S2. The zero-order chi connectivity index (χ0) is 29.5. The highest BCUT2D eigenvalue weighted by molar-refractivity contribution is 7.92. The number of rotatable bonds is 9. The average Bonchev–Trinajstić information content (AvgIpc) is 2.87. The van der Waals surface area contributed by atoms with Crippen molar-refractivity contribution in [1.82, 2.24) is 0 Å². The molecule has 40 heavy (non-hydrogen) atoms. The van der Waals surface area contributed by atoms with Gasteiger partial charge >= 0.3 is 5.97 Å². The number of hydrogen-bond donors (Lipinski definition) is 2. The van der Waals surface area contributed by atoms with Crippen molar-refractivity contribution in [3.05, 3.63) is 53.6 Å². The first-order valence-corrected chi connectivity index (χ1v) is 15.8. The third-order valence-electron chi connectivity index (χ3n) is 6.51. The minimum atomic E-state index is -4.48. The van der Waals surface area contributed by atoms with E-state index in [1.807, 2.05) is 13.8 Å². The highest BCUT2D eigenvalue weighted by atomic mass is 32.2. The van der Waals surface area contributed by atoms with Crippen LogP contribution in [0.5, 0.6) is 0 Å². The van der Waals surface area contributed by atoms with Crippen LogP contribution in [0.25, 0.3) is 0 Å². The van der Waals surface area contributed by atoms with Gasteiger partial charge in [0.1, 0.15) is 16.6 Å². The molecule has 1 aliphatic heterocycles. The van der Waals surface area contributed by atoms with Crippen LogP contribution in [0.3, 0.4) is 0 Å². The molecule has 2 atom stereocenters. The van der Waals surface area contributed by atoms with E-state index >= 15 is 0 Å². The summed E-state index contributed by atoms with van der Waals surface area (Å²) in [5.74, 6) is -4.33. The molecule has 0 fully saturated rings. The molecular weight excluding hydrogens is 562 g/mol. The van der Waals surface area contributed by atoms with Crippen LogP contribution in [0.15, 0.2) is 51.8 Å². The Morgan fingerprint density at radius 2 is 1.88 bits per heavy atom. The van der Waals surface area contributed by atoms with Crippen molar-refractivity contribution in [2.45, 2.75) is 50.5 Å². The molecule has 2 aromatic carbocycles. The molecule has 1 aliphatic carbocycles. The van der Waals surface area contributed by atoms with Gasteiger partial charge in [-0.15, -0.1) is 4.40 Å². The molecule has 0 bridgehead atoms. The molecule has 4 rings (SSSR count). The van der Waals surface area contributed by atoms with Gasteiger partial charge in [0.2, 0.25) is 10.0 Å². The Morgan fingerprint density at radius 1 is 1.18 bits per heavy atom. The highest BCUT2D eigenvalue weighted by Gasteiger charge is 2.56. The van der Waals surface area contributed by atoms with Crippen LogP contribution in [0, 0.1) is 11.8 Å². The molecule has 0 radical (unpaired) electrons. The lowest BCUT2D eigenvalue weighted by atomic mass is 9.69. The van der Waals surface area contributed by atoms with Crippen LogP contribution in [0.1, 0.15) is 56.0 Å². The first-order chi connectivity index (χ1) is 18.7. The number of benzene rings is 2. The van der Waals surface area contributed by atoms with Gasteiger partial charge in [0.25, 0.3) is 10.0 Å². The number of nitrogens with zero attached hydrogens (tertiary/aromatic N) is 1. The molecule has 12 nitrogen and oxygen atoms in total. The Kier molecular flexibility index (Phi) is 7.89. The van der Waals surface area contributed by atoms with Gasteiger partial charge in [0.15, 0.2) is 17.2 Å². The number of ketones is 2. The van der Waals surface area contributed by atoms with Gasteiger partial charge < -0.3 is 5.32 Å². The fraction of sp³-hybridized carbons (Fsp3) is 0.385. The lowest BCUT2D eigenvalue weighted by molar-refractivity contribution is -0.330. The number of fused-ring (bicyclic) bond motifs is 2. The van der Waals surface area contributed by atoms with Crippen molar-refractivity contribution in [3.8, 4) is 0 Å². The summed E-state index contributed by atoms with van der Waals surface area (Å²) in [4.78, 5) is 50.3. The van der Waals surface area contributed by atoms with Gasteiger partial charge in [0.05, 0.1) is 11.9 Å². The van der Waals surface area contributed by atoms with Crippen LogP contribution >= 0.6 is 0 Å². The summed E-state index contributed by atoms with van der Waals surface area (Å²) in [6, 6.07) is 9.94. The summed E-state index contributed by atoms with van der Waals surface area (Å²) in [6.07, 6.45) is 1.37. The molecule has 0 aromatic heterocycles. The molecule has 0 saturated carbocycles. The summed E-state index contributed by atoms with van der Waals surface area (Å²) in [7, 11) is -8.17. The maximum absolute atomic E-state index is 14.2. The molecule has 0 spiro atoms. The van der Waals surface area contributed by atoms with Gasteiger partial charge in [0, 0.05) is 23.2 Å². The number of anilines is 2. The highest BCUT2D eigenvalue weighted by Crippen LogP contribution is 2.44. The average molecular weight is 592 g/mol. The minimum absolute atomic E-state index is 0.00498. The number of nitrogens with one attached hydrogen (secondary N) is 2. The molecule has 0 amide bonds. The molecule has 0 saturated heterocycles. The van der Waals surface area contributed by atoms with E-state index in [0.29, 0.717) is 6.42 Å². The summed E-state index contributed by atoms with van der Waals surface area (Å²) in [5, 5.41) is 2.77. The number of hydrogen-bond acceptors (Lipinski definition) is 10. The van der Waals surface area contributed by atoms with Crippen molar-refractivity contribution in [2.24, 2.45) is 16.2 Å². The number of Topliss-reactive ketones (excluding diaryl/α,β-unsaturated/α-hetero) is 2. The second-order valence-corrected chi connectivity index (χ2v) is 13.3. The zero-order valence-corrected chi connectivity index (χ0v) is 23.9. The Hall–Kier alpha value is -3.62. The zero-order valence-electron chi connectivity index (χ0n) is 22.3.